The standard InChI is InChI=1S/C14H22N2O3/c1-10-9-11(14(2,3)4)5-6-12(10)18-8-7-13(17)19-16-15/h5-6,9,16H,7-8,15H2,1-4H3. The van der Waals surface area contributed by atoms with Gasteiger partial charge in [0.05, 0.1) is 13.0 Å². The third-order valence-corrected chi connectivity index (χ3v) is 2.78. The average molecular weight is 266 g/mol. The van der Waals surface area contributed by atoms with Crippen molar-refractivity contribution in [2.75, 3.05) is 6.61 Å². The molecule has 3 N–H and O–H groups in total. The van der Waals surface area contributed by atoms with Gasteiger partial charge in [-0.2, -0.15) is 0 Å². The van der Waals surface area contributed by atoms with Crippen LogP contribution in [0.4, 0.5) is 0 Å². The van der Waals surface area contributed by atoms with Crippen molar-refractivity contribution < 1.29 is 14.4 Å². The zero-order chi connectivity index (χ0) is 14.5. The smallest absolute Gasteiger partial charge is 0.329 e. The zero-order valence-corrected chi connectivity index (χ0v) is 11.9. The summed E-state index contributed by atoms with van der Waals surface area (Å²) in [5.74, 6) is 5.19. The molecule has 0 amide bonds. The molecule has 0 saturated carbocycles. The van der Waals surface area contributed by atoms with Gasteiger partial charge in [0.25, 0.3) is 0 Å². The molecule has 1 aromatic carbocycles. The second kappa shape index (κ2) is 6.54. The highest BCUT2D eigenvalue weighted by atomic mass is 16.7. The number of hydrazine groups is 1. The second-order valence-corrected chi connectivity index (χ2v) is 5.42. The lowest BCUT2D eigenvalue weighted by molar-refractivity contribution is -0.151. The summed E-state index contributed by atoms with van der Waals surface area (Å²) in [6, 6.07) is 6.08. The molecular formula is C14H22N2O3. The first-order chi connectivity index (χ1) is 8.84. The van der Waals surface area contributed by atoms with Gasteiger partial charge in [-0.1, -0.05) is 38.5 Å². The van der Waals surface area contributed by atoms with Crippen LogP contribution in [0.25, 0.3) is 0 Å². The van der Waals surface area contributed by atoms with Crippen LogP contribution >= 0.6 is 0 Å². The van der Waals surface area contributed by atoms with Gasteiger partial charge in [0.1, 0.15) is 5.75 Å². The van der Waals surface area contributed by atoms with Gasteiger partial charge < -0.3 is 9.57 Å². The summed E-state index contributed by atoms with van der Waals surface area (Å²) in [6.45, 7) is 8.74. The number of nitrogens with one attached hydrogen (secondary N) is 1. The molecule has 0 atom stereocenters. The predicted octanol–water partition coefficient (Wildman–Crippen LogP) is 1.98. The Labute approximate surface area is 114 Å². The van der Waals surface area contributed by atoms with Crippen LogP contribution in [0.1, 0.15) is 38.3 Å². The molecule has 0 radical (unpaired) electrons. The van der Waals surface area contributed by atoms with Gasteiger partial charge in [0.2, 0.25) is 0 Å². The van der Waals surface area contributed by atoms with E-state index in [0.717, 1.165) is 11.3 Å². The van der Waals surface area contributed by atoms with Gasteiger partial charge in [-0.3, -0.25) is 4.79 Å². The van der Waals surface area contributed by atoms with Crippen LogP contribution < -0.4 is 16.2 Å². The number of nitrogens with two attached hydrogens (primary N) is 1. The first-order valence-electron chi connectivity index (χ1n) is 6.24. The maximum atomic E-state index is 11.1. The van der Waals surface area contributed by atoms with Crippen LogP contribution in [0.3, 0.4) is 0 Å². The van der Waals surface area contributed by atoms with Crippen molar-refractivity contribution in [1.82, 2.24) is 5.59 Å². The molecule has 0 fully saturated rings. The molecule has 0 unspecified atom stereocenters. The van der Waals surface area contributed by atoms with E-state index in [1.54, 1.807) is 0 Å². The van der Waals surface area contributed by atoms with E-state index in [-0.39, 0.29) is 18.4 Å². The zero-order valence-electron chi connectivity index (χ0n) is 11.9. The summed E-state index contributed by atoms with van der Waals surface area (Å²) < 4.78 is 5.55. The molecule has 1 aromatic rings. The van der Waals surface area contributed by atoms with Gasteiger partial charge >= 0.3 is 5.97 Å². The Morgan fingerprint density at radius 1 is 1.37 bits per heavy atom. The Kier molecular flexibility index (Phi) is 5.32. The van der Waals surface area contributed by atoms with Crippen molar-refractivity contribution in [2.45, 2.75) is 39.5 Å². The van der Waals surface area contributed by atoms with E-state index in [4.69, 9.17) is 10.6 Å². The third kappa shape index (κ3) is 4.89. The normalized spacial score (nSPS) is 11.2. The molecule has 1 rings (SSSR count). The summed E-state index contributed by atoms with van der Waals surface area (Å²) in [7, 11) is 0. The van der Waals surface area contributed by atoms with E-state index in [1.165, 1.54) is 5.56 Å². The second-order valence-electron chi connectivity index (χ2n) is 5.42. The van der Waals surface area contributed by atoms with E-state index >= 15 is 0 Å². The van der Waals surface area contributed by atoms with Crippen molar-refractivity contribution in [3.8, 4) is 5.75 Å². The van der Waals surface area contributed by atoms with E-state index in [1.807, 2.05) is 24.6 Å². The minimum Gasteiger partial charge on any atom is -0.493 e. The van der Waals surface area contributed by atoms with Gasteiger partial charge in [0, 0.05) is 0 Å². The summed E-state index contributed by atoms with van der Waals surface area (Å²) in [6.07, 6.45) is 0.144. The maximum absolute atomic E-state index is 11.1. The van der Waals surface area contributed by atoms with Crippen molar-refractivity contribution in [1.29, 1.82) is 0 Å². The fourth-order valence-corrected chi connectivity index (χ4v) is 1.64. The van der Waals surface area contributed by atoms with E-state index < -0.39 is 5.97 Å². The van der Waals surface area contributed by atoms with Crippen LogP contribution in [-0.2, 0) is 15.0 Å². The van der Waals surface area contributed by atoms with Crippen molar-refractivity contribution in [3.05, 3.63) is 29.3 Å². The predicted molar refractivity (Wildman–Crippen MR) is 73.4 cm³/mol. The van der Waals surface area contributed by atoms with Gasteiger partial charge in [0.15, 0.2) is 0 Å². The first-order valence-corrected chi connectivity index (χ1v) is 6.24. The highest BCUT2D eigenvalue weighted by Crippen LogP contribution is 2.27. The van der Waals surface area contributed by atoms with Crippen LogP contribution in [0.2, 0.25) is 0 Å². The number of benzene rings is 1. The van der Waals surface area contributed by atoms with Crippen molar-refractivity contribution in [3.63, 3.8) is 0 Å². The molecule has 19 heavy (non-hydrogen) atoms. The average Bonchev–Trinajstić information content (AvgIpc) is 2.30. The molecule has 0 spiro atoms. The molecule has 0 heterocycles. The van der Waals surface area contributed by atoms with Gasteiger partial charge in [-0.15, -0.1) is 0 Å². The quantitative estimate of drug-likeness (QED) is 0.629. The lowest BCUT2D eigenvalue weighted by Crippen LogP contribution is -2.27. The Bertz CT molecular complexity index is 439. The Balaban J connectivity index is 2.58. The maximum Gasteiger partial charge on any atom is 0.329 e. The molecule has 0 aliphatic rings. The van der Waals surface area contributed by atoms with E-state index in [0.29, 0.717) is 0 Å². The molecule has 0 aliphatic carbocycles. The molecule has 5 nitrogen and oxygen atoms in total. The van der Waals surface area contributed by atoms with Crippen molar-refractivity contribution >= 4 is 5.97 Å². The molecular weight excluding hydrogens is 244 g/mol. The molecule has 0 bridgehead atoms. The van der Waals surface area contributed by atoms with Crippen LogP contribution in [0.5, 0.6) is 5.75 Å². The van der Waals surface area contributed by atoms with Crippen molar-refractivity contribution in [2.24, 2.45) is 5.84 Å². The third-order valence-electron chi connectivity index (χ3n) is 2.78. The summed E-state index contributed by atoms with van der Waals surface area (Å²) in [5, 5.41) is 0. The number of aryl methyl sites for hydroxylation is 1. The molecule has 5 heteroatoms. The van der Waals surface area contributed by atoms with Crippen LogP contribution in [-0.4, -0.2) is 12.6 Å². The Hall–Kier alpha value is -1.59. The van der Waals surface area contributed by atoms with E-state index in [9.17, 15) is 4.79 Å². The number of rotatable bonds is 5. The van der Waals surface area contributed by atoms with Crippen LogP contribution in [0.15, 0.2) is 18.2 Å². The molecule has 0 saturated heterocycles. The number of hydrogen-bond acceptors (Lipinski definition) is 5. The first kappa shape index (κ1) is 15.5. The summed E-state index contributed by atoms with van der Waals surface area (Å²) in [5.41, 5.74) is 4.26. The number of hydrogen-bond donors (Lipinski definition) is 2. The highest BCUT2D eigenvalue weighted by Gasteiger charge is 2.14. The van der Waals surface area contributed by atoms with E-state index in [2.05, 4.69) is 31.7 Å². The minimum atomic E-state index is -0.452. The topological polar surface area (TPSA) is 73.6 Å². The number of ether oxygens (including phenoxy) is 1. The number of carbonyl (C=O) groups is 1. The Morgan fingerprint density at radius 2 is 2.05 bits per heavy atom. The fraction of sp³-hybridized carbons (Fsp3) is 0.500. The fourth-order valence-electron chi connectivity index (χ4n) is 1.64. The SMILES string of the molecule is Cc1cc(C(C)(C)C)ccc1OCCC(=O)ONN. The van der Waals surface area contributed by atoms with Gasteiger partial charge in [-0.05, 0) is 29.5 Å². The monoisotopic (exact) mass is 266 g/mol. The largest absolute Gasteiger partial charge is 0.493 e. The lowest BCUT2D eigenvalue weighted by atomic mass is 9.86. The number of carbonyl (C=O) groups excluding carboxylic acids is 1. The summed E-state index contributed by atoms with van der Waals surface area (Å²) in [4.78, 5) is 15.4. The highest BCUT2D eigenvalue weighted by molar-refractivity contribution is 5.69. The minimum absolute atomic E-state index is 0.111. The molecule has 0 aromatic heterocycles. The molecule has 106 valence electrons. The summed E-state index contributed by atoms with van der Waals surface area (Å²) >= 11 is 0. The van der Waals surface area contributed by atoms with Gasteiger partial charge in [-0.25, -0.2) is 5.84 Å². The molecule has 0 aliphatic heterocycles. The Morgan fingerprint density at radius 3 is 2.58 bits per heavy atom. The van der Waals surface area contributed by atoms with Crippen LogP contribution in [0, 0.1) is 6.92 Å². The lowest BCUT2D eigenvalue weighted by Gasteiger charge is -2.20.